The number of benzene rings is 1. The molecule has 3 aromatic heterocycles. The van der Waals surface area contributed by atoms with Crippen molar-refractivity contribution in [2.75, 3.05) is 0 Å². The van der Waals surface area contributed by atoms with Gasteiger partial charge in [0.05, 0.1) is 28.3 Å². The summed E-state index contributed by atoms with van der Waals surface area (Å²) < 4.78 is 42.1. The summed E-state index contributed by atoms with van der Waals surface area (Å²) in [5.74, 6) is 0.673. The third-order valence-electron chi connectivity index (χ3n) is 5.15. The summed E-state index contributed by atoms with van der Waals surface area (Å²) in [5, 5.41) is 9.04. The number of nitrogens with zero attached hydrogens (tertiary/aromatic N) is 6. The molecule has 0 saturated carbocycles. The van der Waals surface area contributed by atoms with Crippen LogP contribution in [0, 0.1) is 20.8 Å². The molecule has 4 aromatic rings. The largest absolute Gasteiger partial charge is 0.416 e. The van der Waals surface area contributed by atoms with E-state index in [0.29, 0.717) is 17.8 Å². The van der Waals surface area contributed by atoms with E-state index in [1.165, 1.54) is 18.5 Å². The number of hydrogen-bond donors (Lipinski definition) is 0. The zero-order valence-corrected chi connectivity index (χ0v) is 17.6. The second-order valence-electron chi connectivity index (χ2n) is 7.50. The van der Waals surface area contributed by atoms with Gasteiger partial charge in [-0.15, -0.1) is 0 Å². The smallest absolute Gasteiger partial charge is 0.267 e. The maximum absolute atomic E-state index is 12.9. The summed E-state index contributed by atoms with van der Waals surface area (Å²) >= 11 is 0. The van der Waals surface area contributed by atoms with Crippen LogP contribution in [0.4, 0.5) is 13.2 Å². The lowest BCUT2D eigenvalue weighted by atomic mass is 10.0. The molecule has 160 valence electrons. The third kappa shape index (κ3) is 4.08. The van der Waals surface area contributed by atoms with Gasteiger partial charge >= 0.3 is 6.18 Å². The Morgan fingerprint density at radius 1 is 0.935 bits per heavy atom. The van der Waals surface area contributed by atoms with Gasteiger partial charge in [0, 0.05) is 30.8 Å². The second kappa shape index (κ2) is 7.64. The van der Waals surface area contributed by atoms with Gasteiger partial charge in [0.1, 0.15) is 6.33 Å². The fraction of sp³-hybridized carbons (Fsp3) is 0.273. The first kappa shape index (κ1) is 20.8. The van der Waals surface area contributed by atoms with Crippen molar-refractivity contribution in [2.45, 2.75) is 33.4 Å². The van der Waals surface area contributed by atoms with E-state index in [0.717, 1.165) is 46.2 Å². The molecule has 9 heteroatoms. The van der Waals surface area contributed by atoms with Crippen LogP contribution in [-0.4, -0.2) is 29.5 Å². The maximum Gasteiger partial charge on any atom is 0.416 e. The van der Waals surface area contributed by atoms with E-state index in [1.54, 1.807) is 16.4 Å². The summed E-state index contributed by atoms with van der Waals surface area (Å²) in [4.78, 5) is 8.68. The molecule has 0 unspecified atom stereocenters. The predicted molar refractivity (Wildman–Crippen MR) is 110 cm³/mol. The third-order valence-corrected chi connectivity index (χ3v) is 5.15. The van der Waals surface area contributed by atoms with Gasteiger partial charge in [0.25, 0.3) is 0 Å². The summed E-state index contributed by atoms with van der Waals surface area (Å²) in [7, 11) is 1.78. The van der Waals surface area contributed by atoms with E-state index >= 15 is 0 Å². The van der Waals surface area contributed by atoms with Gasteiger partial charge in [-0.2, -0.15) is 23.4 Å². The van der Waals surface area contributed by atoms with Crippen LogP contribution in [0.5, 0.6) is 0 Å². The molecule has 0 radical (unpaired) electrons. The lowest BCUT2D eigenvalue weighted by Gasteiger charge is -2.08. The Balaban J connectivity index is 1.64. The van der Waals surface area contributed by atoms with Crippen LogP contribution in [-0.2, 0) is 19.6 Å². The molecule has 1 aromatic carbocycles. The van der Waals surface area contributed by atoms with E-state index in [4.69, 9.17) is 0 Å². The second-order valence-corrected chi connectivity index (χ2v) is 7.50. The number of rotatable bonds is 4. The molecule has 0 spiro atoms. The van der Waals surface area contributed by atoms with Gasteiger partial charge in [0.15, 0.2) is 5.82 Å². The first-order valence-corrected chi connectivity index (χ1v) is 9.68. The first-order chi connectivity index (χ1) is 14.6. The number of halogens is 3. The Hall–Kier alpha value is -3.49. The van der Waals surface area contributed by atoms with Crippen molar-refractivity contribution in [2.24, 2.45) is 7.05 Å². The van der Waals surface area contributed by atoms with Crippen LogP contribution in [0.2, 0.25) is 0 Å². The average Bonchev–Trinajstić information content (AvgIpc) is 3.19. The van der Waals surface area contributed by atoms with Gasteiger partial charge in [-0.1, -0.05) is 12.1 Å². The van der Waals surface area contributed by atoms with Crippen molar-refractivity contribution in [1.82, 2.24) is 29.5 Å². The monoisotopic (exact) mass is 426 g/mol. The lowest BCUT2D eigenvalue weighted by molar-refractivity contribution is -0.137. The van der Waals surface area contributed by atoms with Crippen molar-refractivity contribution >= 4 is 0 Å². The fourth-order valence-corrected chi connectivity index (χ4v) is 3.70. The first-order valence-electron chi connectivity index (χ1n) is 9.68. The topological polar surface area (TPSA) is 61.4 Å². The van der Waals surface area contributed by atoms with Crippen LogP contribution in [0.15, 0.2) is 42.7 Å². The van der Waals surface area contributed by atoms with Gasteiger partial charge in [0.2, 0.25) is 0 Å². The number of aromatic nitrogens is 6. The zero-order valence-electron chi connectivity index (χ0n) is 17.6. The summed E-state index contributed by atoms with van der Waals surface area (Å²) in [5.41, 5.74) is 5.13. The number of aryl methyl sites for hydroxylation is 3. The van der Waals surface area contributed by atoms with Crippen molar-refractivity contribution < 1.29 is 13.2 Å². The molecule has 0 fully saturated rings. The molecular formula is C22H21F3N6. The molecule has 0 aliphatic rings. The highest BCUT2D eigenvalue weighted by atomic mass is 19.4. The van der Waals surface area contributed by atoms with E-state index in [2.05, 4.69) is 20.2 Å². The average molecular weight is 426 g/mol. The van der Waals surface area contributed by atoms with E-state index in [9.17, 15) is 13.2 Å². The molecule has 0 aliphatic carbocycles. The van der Waals surface area contributed by atoms with Crippen molar-refractivity contribution in [3.63, 3.8) is 0 Å². The quantitative estimate of drug-likeness (QED) is 0.479. The van der Waals surface area contributed by atoms with Crippen LogP contribution < -0.4 is 0 Å². The van der Waals surface area contributed by atoms with Crippen LogP contribution in [0.3, 0.4) is 0 Å². The van der Waals surface area contributed by atoms with Crippen molar-refractivity contribution in [3.8, 4) is 17.1 Å². The lowest BCUT2D eigenvalue weighted by Crippen LogP contribution is -2.05. The van der Waals surface area contributed by atoms with Gasteiger partial charge in [-0.3, -0.25) is 4.68 Å². The number of alkyl halides is 3. The van der Waals surface area contributed by atoms with E-state index < -0.39 is 11.7 Å². The highest BCUT2D eigenvalue weighted by molar-refractivity contribution is 5.65. The van der Waals surface area contributed by atoms with E-state index in [1.807, 2.05) is 32.9 Å². The molecule has 0 bridgehead atoms. The minimum Gasteiger partial charge on any atom is -0.267 e. The van der Waals surface area contributed by atoms with Gasteiger partial charge in [-0.05, 0) is 44.5 Å². The molecule has 0 N–H and O–H groups in total. The molecule has 0 saturated heterocycles. The summed E-state index contributed by atoms with van der Waals surface area (Å²) in [6.45, 7) is 5.80. The molecule has 31 heavy (non-hydrogen) atoms. The Morgan fingerprint density at radius 3 is 2.26 bits per heavy atom. The molecule has 6 nitrogen and oxygen atoms in total. The highest BCUT2D eigenvalue weighted by Crippen LogP contribution is 2.32. The van der Waals surface area contributed by atoms with Crippen LogP contribution in [0.25, 0.3) is 17.1 Å². The van der Waals surface area contributed by atoms with Crippen LogP contribution >= 0.6 is 0 Å². The molecule has 0 amide bonds. The highest BCUT2D eigenvalue weighted by Gasteiger charge is 2.30. The standard InChI is InChI=1S/C22H21F3N6/c1-13-9-14(2)31(28-13)20-11-18(26-12-27-20)10-19-15(3)21(30(4)29-19)16-5-7-17(8-6-16)22(23,24)25/h5-9,11-12H,10H2,1-4H3. The molecule has 4 rings (SSSR count). The molecule has 3 heterocycles. The Labute approximate surface area is 177 Å². The number of hydrogen-bond acceptors (Lipinski definition) is 4. The van der Waals surface area contributed by atoms with Crippen LogP contribution in [0.1, 0.15) is 33.9 Å². The van der Waals surface area contributed by atoms with Gasteiger partial charge in [-0.25, -0.2) is 14.6 Å². The predicted octanol–water partition coefficient (Wildman–Crippen LogP) is 4.60. The zero-order chi connectivity index (χ0) is 22.3. The van der Waals surface area contributed by atoms with Crippen molar-refractivity contribution in [3.05, 3.63) is 76.6 Å². The Bertz CT molecular complexity index is 1240. The van der Waals surface area contributed by atoms with Gasteiger partial charge < -0.3 is 0 Å². The Morgan fingerprint density at radius 2 is 1.65 bits per heavy atom. The maximum atomic E-state index is 12.9. The molecule has 0 aliphatic heterocycles. The van der Waals surface area contributed by atoms with E-state index in [-0.39, 0.29) is 0 Å². The Kier molecular flexibility index (Phi) is 5.12. The molecular weight excluding hydrogens is 405 g/mol. The minimum absolute atomic E-state index is 0.467. The SMILES string of the molecule is Cc1cc(C)n(-c2cc(Cc3nn(C)c(-c4ccc(C(F)(F)F)cc4)c3C)ncn2)n1. The van der Waals surface area contributed by atoms with Crippen molar-refractivity contribution in [1.29, 1.82) is 0 Å². The summed E-state index contributed by atoms with van der Waals surface area (Å²) in [6.07, 6.45) is -2.40. The normalized spacial score (nSPS) is 11.8. The molecule has 0 atom stereocenters. The fourth-order valence-electron chi connectivity index (χ4n) is 3.70. The summed E-state index contributed by atoms with van der Waals surface area (Å²) in [6, 6.07) is 8.97. The minimum atomic E-state index is -4.36.